The van der Waals surface area contributed by atoms with E-state index in [1.807, 2.05) is 21.1 Å². The van der Waals surface area contributed by atoms with Gasteiger partial charge in [0.05, 0.1) is 27.7 Å². The summed E-state index contributed by atoms with van der Waals surface area (Å²) in [6, 6.07) is 0. The SMILES string of the molecule is C=C(C)C(=O)OCCP(O)C(=O)C[N+](C)(C)C.CCO. The van der Waals surface area contributed by atoms with Crippen molar-refractivity contribution in [1.29, 1.82) is 0 Å². The van der Waals surface area contributed by atoms with Crippen LogP contribution in [0.5, 0.6) is 0 Å². The van der Waals surface area contributed by atoms with Crippen molar-refractivity contribution in [1.82, 2.24) is 0 Å². The van der Waals surface area contributed by atoms with E-state index in [4.69, 9.17) is 9.84 Å². The Balaban J connectivity index is 0. The number of hydrogen-bond donors (Lipinski definition) is 2. The molecular formula is C13H27NO5P+. The monoisotopic (exact) mass is 308 g/mol. The highest BCUT2D eigenvalue weighted by Gasteiger charge is 2.22. The molecule has 1 unspecified atom stereocenters. The maximum absolute atomic E-state index is 11.6. The Labute approximate surface area is 122 Å². The molecule has 0 rings (SSSR count). The zero-order valence-electron chi connectivity index (χ0n) is 13.0. The van der Waals surface area contributed by atoms with Gasteiger partial charge in [0, 0.05) is 18.3 Å². The third kappa shape index (κ3) is 13.6. The first-order valence-electron chi connectivity index (χ1n) is 6.28. The number of aliphatic hydroxyl groups excluding tert-OH is 1. The second-order valence-corrected chi connectivity index (χ2v) is 6.94. The van der Waals surface area contributed by atoms with Gasteiger partial charge in [-0.2, -0.15) is 0 Å². The van der Waals surface area contributed by atoms with Gasteiger partial charge in [-0.25, -0.2) is 4.79 Å². The molecule has 0 amide bonds. The van der Waals surface area contributed by atoms with E-state index in [-0.39, 0.29) is 31.4 Å². The first kappa shape index (κ1) is 21.5. The van der Waals surface area contributed by atoms with Gasteiger partial charge in [0.1, 0.15) is 14.7 Å². The van der Waals surface area contributed by atoms with Gasteiger partial charge in [-0.3, -0.25) is 4.79 Å². The largest absolute Gasteiger partial charge is 0.462 e. The molecule has 0 bridgehead atoms. The van der Waals surface area contributed by atoms with Crippen LogP contribution < -0.4 is 0 Å². The van der Waals surface area contributed by atoms with Crippen molar-refractivity contribution >= 4 is 19.6 Å². The number of quaternary nitrogens is 1. The van der Waals surface area contributed by atoms with Crippen molar-refractivity contribution in [3.05, 3.63) is 12.2 Å². The number of likely N-dealkylation sites (N-methyl/N-ethyl adjacent to an activating group) is 1. The van der Waals surface area contributed by atoms with Gasteiger partial charge in [-0.1, -0.05) is 6.58 Å². The smallest absolute Gasteiger partial charge is 0.333 e. The molecule has 0 radical (unpaired) electrons. The van der Waals surface area contributed by atoms with E-state index in [9.17, 15) is 14.5 Å². The van der Waals surface area contributed by atoms with Gasteiger partial charge in [0.15, 0.2) is 0 Å². The number of nitrogens with zero attached hydrogens (tertiary/aromatic N) is 1. The number of ether oxygens (including phenoxy) is 1. The molecule has 0 aromatic rings. The third-order valence-corrected chi connectivity index (χ3v) is 3.11. The highest BCUT2D eigenvalue weighted by Crippen LogP contribution is 2.30. The minimum absolute atomic E-state index is 0.0524. The molecule has 2 N–H and O–H groups in total. The van der Waals surface area contributed by atoms with Crippen LogP contribution in [0.1, 0.15) is 13.8 Å². The topological polar surface area (TPSA) is 83.8 Å². The van der Waals surface area contributed by atoms with Crippen LogP contribution in [0.25, 0.3) is 0 Å². The Morgan fingerprint density at radius 3 is 2.10 bits per heavy atom. The summed E-state index contributed by atoms with van der Waals surface area (Å²) < 4.78 is 5.29. The summed E-state index contributed by atoms with van der Waals surface area (Å²) in [5.74, 6) is -0.493. The molecule has 7 heteroatoms. The Hall–Kier alpha value is -0.810. The number of esters is 1. The van der Waals surface area contributed by atoms with Gasteiger partial charge in [0.25, 0.3) is 0 Å². The lowest BCUT2D eigenvalue weighted by Crippen LogP contribution is -2.39. The Kier molecular flexibility index (Phi) is 11.7. The lowest BCUT2D eigenvalue weighted by molar-refractivity contribution is -0.861. The molecule has 0 heterocycles. The summed E-state index contributed by atoms with van der Waals surface area (Å²) in [6.45, 7) is 7.24. The van der Waals surface area contributed by atoms with E-state index < -0.39 is 14.1 Å². The molecule has 0 aliphatic carbocycles. The molecule has 6 nitrogen and oxygen atoms in total. The molecule has 1 atom stereocenters. The molecule has 0 aliphatic rings. The summed E-state index contributed by atoms with van der Waals surface area (Å²) >= 11 is 0. The number of aliphatic hydroxyl groups is 1. The highest BCUT2D eigenvalue weighted by atomic mass is 31.1. The van der Waals surface area contributed by atoms with Gasteiger partial charge in [-0.05, 0) is 13.8 Å². The molecule has 20 heavy (non-hydrogen) atoms. The zero-order chi connectivity index (χ0) is 16.3. The summed E-state index contributed by atoms with van der Waals surface area (Å²) in [6.07, 6.45) is 0.188. The second kappa shape index (κ2) is 10.9. The Morgan fingerprint density at radius 1 is 1.30 bits per heavy atom. The van der Waals surface area contributed by atoms with E-state index in [2.05, 4.69) is 6.58 Å². The van der Waals surface area contributed by atoms with E-state index in [0.29, 0.717) is 10.1 Å². The quantitative estimate of drug-likeness (QED) is 0.313. The number of carbonyl (C=O) groups excluding carboxylic acids is 2. The summed E-state index contributed by atoms with van der Waals surface area (Å²) in [5.41, 5.74) is 0.129. The predicted molar refractivity (Wildman–Crippen MR) is 80.4 cm³/mol. The molecule has 0 spiro atoms. The van der Waals surface area contributed by atoms with Crippen LogP contribution in [-0.4, -0.2) is 73.0 Å². The highest BCUT2D eigenvalue weighted by molar-refractivity contribution is 7.69. The fourth-order valence-corrected chi connectivity index (χ4v) is 2.06. The fourth-order valence-electron chi connectivity index (χ4n) is 0.960. The molecule has 0 aliphatic heterocycles. The molecule has 118 valence electrons. The van der Waals surface area contributed by atoms with Crippen molar-refractivity contribution in [3.63, 3.8) is 0 Å². The van der Waals surface area contributed by atoms with Crippen molar-refractivity contribution in [2.75, 3.05) is 47.1 Å². The van der Waals surface area contributed by atoms with Gasteiger partial charge < -0.3 is 19.2 Å². The lowest BCUT2D eigenvalue weighted by Gasteiger charge is -2.23. The zero-order valence-corrected chi connectivity index (χ0v) is 13.9. The third-order valence-electron chi connectivity index (χ3n) is 1.78. The molecule has 0 saturated heterocycles. The number of hydrogen-bond acceptors (Lipinski definition) is 5. The molecule has 0 saturated carbocycles. The van der Waals surface area contributed by atoms with Crippen molar-refractivity contribution in [3.8, 4) is 0 Å². The van der Waals surface area contributed by atoms with Crippen LogP contribution in [0.15, 0.2) is 12.2 Å². The average Bonchev–Trinajstić information content (AvgIpc) is 2.27. The van der Waals surface area contributed by atoms with Crippen molar-refractivity contribution < 1.29 is 28.8 Å². The van der Waals surface area contributed by atoms with Crippen molar-refractivity contribution in [2.24, 2.45) is 0 Å². The van der Waals surface area contributed by atoms with Crippen LogP contribution in [0.3, 0.4) is 0 Å². The van der Waals surface area contributed by atoms with Crippen LogP contribution in [0, 0.1) is 0 Å². The first-order chi connectivity index (χ1) is 9.05. The number of rotatable bonds is 7. The number of carbonyl (C=O) groups is 2. The van der Waals surface area contributed by atoms with E-state index >= 15 is 0 Å². The molecule has 0 fully saturated rings. The summed E-state index contributed by atoms with van der Waals surface area (Å²) in [7, 11) is 3.91. The summed E-state index contributed by atoms with van der Waals surface area (Å²) in [4.78, 5) is 32.2. The normalized spacial score (nSPS) is 11.9. The van der Waals surface area contributed by atoms with Crippen LogP contribution >= 0.6 is 8.15 Å². The maximum Gasteiger partial charge on any atom is 0.333 e. The van der Waals surface area contributed by atoms with Crippen LogP contribution in [-0.2, 0) is 14.3 Å². The predicted octanol–water partition coefficient (Wildman–Crippen LogP) is 0.726. The molecule has 0 aromatic carbocycles. The minimum Gasteiger partial charge on any atom is -0.462 e. The lowest BCUT2D eigenvalue weighted by atomic mass is 10.4. The first-order valence-corrected chi connectivity index (χ1v) is 7.76. The van der Waals surface area contributed by atoms with Gasteiger partial charge in [0.2, 0.25) is 5.52 Å². The van der Waals surface area contributed by atoms with Crippen LogP contribution in [0.4, 0.5) is 0 Å². The molecular weight excluding hydrogens is 281 g/mol. The summed E-state index contributed by atoms with van der Waals surface area (Å²) in [5, 5.41) is 7.57. The van der Waals surface area contributed by atoms with Crippen LogP contribution in [0.2, 0.25) is 0 Å². The van der Waals surface area contributed by atoms with E-state index in [1.54, 1.807) is 13.8 Å². The van der Waals surface area contributed by atoms with Crippen molar-refractivity contribution in [2.45, 2.75) is 13.8 Å². The standard InChI is InChI=1S/C11H21NO4P.C2H6O/c1-9(2)11(14)16-6-7-17(15)10(13)8-12(3,4)5;1-2-3/h15H,1,6-8H2,2-5H3;3H,2H2,1H3/q+1;. The Bertz CT molecular complexity index is 325. The molecule has 0 aromatic heterocycles. The average molecular weight is 308 g/mol. The van der Waals surface area contributed by atoms with E-state index in [1.165, 1.54) is 0 Å². The Morgan fingerprint density at radius 2 is 1.75 bits per heavy atom. The maximum atomic E-state index is 11.6. The minimum atomic E-state index is -1.72. The van der Waals surface area contributed by atoms with Gasteiger partial charge in [-0.15, -0.1) is 0 Å². The van der Waals surface area contributed by atoms with E-state index in [0.717, 1.165) is 0 Å². The fraction of sp³-hybridized carbons (Fsp3) is 0.692. The second-order valence-electron chi connectivity index (χ2n) is 5.20. The van der Waals surface area contributed by atoms with Gasteiger partial charge >= 0.3 is 5.97 Å².